The smallest absolute Gasteiger partial charge is 0.433 e. The van der Waals surface area contributed by atoms with Gasteiger partial charge in [0.2, 0.25) is 5.95 Å². The molecule has 1 amide bonds. The average Bonchev–Trinajstić information content (AvgIpc) is 3.59. The lowest BCUT2D eigenvalue weighted by molar-refractivity contribution is -0.402. The highest BCUT2D eigenvalue weighted by Gasteiger charge is 2.25. The summed E-state index contributed by atoms with van der Waals surface area (Å²) in [6, 6.07) is 9.23. The summed E-state index contributed by atoms with van der Waals surface area (Å²) >= 11 is 1.18. The molecule has 1 aliphatic heterocycles. The van der Waals surface area contributed by atoms with Gasteiger partial charge >= 0.3 is 5.88 Å². The quantitative estimate of drug-likeness (QED) is 0.195. The van der Waals surface area contributed by atoms with Crippen LogP contribution < -0.4 is 10.2 Å². The number of thiazole rings is 1. The Morgan fingerprint density at radius 3 is 2.64 bits per heavy atom. The first-order chi connectivity index (χ1) is 18.8. The molecule has 0 bridgehead atoms. The first kappa shape index (κ1) is 25.9. The fourth-order valence-electron chi connectivity index (χ4n) is 3.93. The number of phenolic OH excluding ortho intramolecular Hbond substituents is 1. The Hall–Kier alpha value is -4.69. The molecule has 0 radical (unpaired) electrons. The maximum absolute atomic E-state index is 15.4. The van der Waals surface area contributed by atoms with Crippen LogP contribution in [0.4, 0.5) is 21.8 Å². The molecular weight excluding hydrogens is 529 g/mol. The number of amides is 1. The van der Waals surface area contributed by atoms with E-state index in [4.69, 9.17) is 4.42 Å². The van der Waals surface area contributed by atoms with Gasteiger partial charge in [-0.1, -0.05) is 12.1 Å². The molecule has 39 heavy (non-hydrogen) atoms. The molecule has 1 aromatic carbocycles. The van der Waals surface area contributed by atoms with Gasteiger partial charge in [-0.25, -0.2) is 9.97 Å². The molecule has 0 unspecified atom stereocenters. The van der Waals surface area contributed by atoms with Crippen molar-refractivity contribution in [3.05, 3.63) is 75.1 Å². The molecule has 0 aliphatic carbocycles. The number of nitrogens with zero attached hydrogens (tertiary/aromatic N) is 6. The molecule has 1 aliphatic rings. The first-order valence-electron chi connectivity index (χ1n) is 11.8. The first-order valence-corrected chi connectivity index (χ1v) is 12.6. The molecule has 3 aromatic heterocycles. The van der Waals surface area contributed by atoms with E-state index in [0.29, 0.717) is 36.8 Å². The molecule has 1 fully saturated rings. The van der Waals surface area contributed by atoms with Crippen molar-refractivity contribution in [3.8, 4) is 16.3 Å². The minimum absolute atomic E-state index is 0.0346. The Balaban J connectivity index is 1.45. The summed E-state index contributed by atoms with van der Waals surface area (Å²) in [6.45, 7) is 2.36. The molecule has 200 valence electrons. The van der Waals surface area contributed by atoms with Crippen LogP contribution >= 0.6 is 11.3 Å². The van der Waals surface area contributed by atoms with Crippen LogP contribution in [0.3, 0.4) is 0 Å². The predicted octanol–water partition coefficient (Wildman–Crippen LogP) is 4.12. The van der Waals surface area contributed by atoms with Gasteiger partial charge in [0, 0.05) is 31.6 Å². The molecule has 14 heteroatoms. The van der Waals surface area contributed by atoms with E-state index in [-0.39, 0.29) is 34.5 Å². The summed E-state index contributed by atoms with van der Waals surface area (Å²) in [5.41, 5.74) is 0.610. The fraction of sp³-hybridized carbons (Fsp3) is 0.200. The van der Waals surface area contributed by atoms with Gasteiger partial charge in [0.25, 0.3) is 5.91 Å². The van der Waals surface area contributed by atoms with Crippen LogP contribution in [0.5, 0.6) is 5.75 Å². The van der Waals surface area contributed by atoms with Gasteiger partial charge in [-0.2, -0.15) is 9.37 Å². The second kappa shape index (κ2) is 11.0. The SMILES string of the molecule is CN1CCN(c2c(F)nc(C=Cc3ccc([N+](=O)[O-])o3)nc2NC(=O)c2csc(-c3ccccc3O)n2)CC1. The molecule has 12 nitrogen and oxygen atoms in total. The number of rotatable bonds is 7. The Morgan fingerprint density at radius 2 is 1.92 bits per heavy atom. The van der Waals surface area contributed by atoms with Crippen molar-refractivity contribution in [2.24, 2.45) is 0 Å². The van der Waals surface area contributed by atoms with Crippen molar-refractivity contribution in [2.45, 2.75) is 0 Å². The van der Waals surface area contributed by atoms with E-state index in [0.717, 1.165) is 0 Å². The Kier molecular flexibility index (Phi) is 7.29. The third kappa shape index (κ3) is 5.76. The van der Waals surface area contributed by atoms with Crippen LogP contribution in [0.25, 0.3) is 22.7 Å². The lowest BCUT2D eigenvalue weighted by Crippen LogP contribution is -2.45. The molecule has 1 saturated heterocycles. The van der Waals surface area contributed by atoms with Crippen molar-refractivity contribution in [2.75, 3.05) is 43.4 Å². The zero-order valence-electron chi connectivity index (χ0n) is 20.6. The Labute approximate surface area is 225 Å². The number of anilines is 2. The largest absolute Gasteiger partial charge is 0.507 e. The molecule has 5 rings (SSSR count). The van der Waals surface area contributed by atoms with E-state index >= 15 is 4.39 Å². The van der Waals surface area contributed by atoms with Gasteiger partial charge in [0.1, 0.15) is 32.8 Å². The highest BCUT2D eigenvalue weighted by Crippen LogP contribution is 2.32. The number of phenols is 1. The zero-order valence-corrected chi connectivity index (χ0v) is 21.4. The van der Waals surface area contributed by atoms with E-state index in [1.807, 2.05) is 7.05 Å². The van der Waals surface area contributed by atoms with Crippen molar-refractivity contribution in [1.82, 2.24) is 19.9 Å². The molecular formula is C25H22FN7O5S. The molecule has 0 spiro atoms. The summed E-state index contributed by atoms with van der Waals surface area (Å²) in [5, 5.41) is 25.6. The minimum atomic E-state index is -0.830. The average molecular weight is 552 g/mol. The highest BCUT2D eigenvalue weighted by molar-refractivity contribution is 7.13. The number of hydrogen-bond acceptors (Lipinski definition) is 11. The fourth-order valence-corrected chi connectivity index (χ4v) is 4.76. The number of aromatic hydroxyl groups is 1. The van der Waals surface area contributed by atoms with Crippen LogP contribution in [-0.4, -0.2) is 69.0 Å². The van der Waals surface area contributed by atoms with Gasteiger partial charge in [-0.15, -0.1) is 11.3 Å². The van der Waals surface area contributed by atoms with E-state index in [1.54, 1.807) is 23.1 Å². The number of hydrogen-bond donors (Lipinski definition) is 2. The second-order valence-electron chi connectivity index (χ2n) is 8.64. The number of benzene rings is 1. The normalized spacial score (nSPS) is 14.2. The van der Waals surface area contributed by atoms with Crippen molar-refractivity contribution < 1.29 is 23.6 Å². The molecule has 0 saturated carbocycles. The number of aromatic nitrogens is 3. The van der Waals surface area contributed by atoms with Crippen molar-refractivity contribution in [1.29, 1.82) is 0 Å². The number of furan rings is 1. The van der Waals surface area contributed by atoms with Crippen LogP contribution in [0.1, 0.15) is 22.1 Å². The lowest BCUT2D eigenvalue weighted by atomic mass is 10.2. The molecule has 4 heterocycles. The number of nitrogens with one attached hydrogen (secondary N) is 1. The monoisotopic (exact) mass is 551 g/mol. The van der Waals surface area contributed by atoms with Gasteiger partial charge < -0.3 is 24.6 Å². The van der Waals surface area contributed by atoms with Crippen molar-refractivity contribution in [3.63, 3.8) is 0 Å². The summed E-state index contributed by atoms with van der Waals surface area (Å²) in [6.07, 6.45) is 2.69. The van der Waals surface area contributed by atoms with E-state index < -0.39 is 22.7 Å². The number of likely N-dealkylation sites (N-methyl/N-ethyl adjacent to an activating group) is 1. The molecule has 2 N–H and O–H groups in total. The minimum Gasteiger partial charge on any atom is -0.507 e. The Morgan fingerprint density at radius 1 is 1.15 bits per heavy atom. The topological polar surface area (TPSA) is 151 Å². The standard InChI is InChI=1S/C25H22FN7O5S/c1-31-10-12-32(13-11-31)21-22(26)28-19(8-6-15-7-9-20(38-15)33(36)37)29-23(21)30-24(35)17-14-39-25(27-17)16-4-2-3-5-18(16)34/h2-9,14,34H,10-13H2,1H3,(H,28,29,30,35). The maximum Gasteiger partial charge on any atom is 0.433 e. The number of halogens is 1. The van der Waals surface area contributed by atoms with Crippen LogP contribution in [-0.2, 0) is 0 Å². The summed E-state index contributed by atoms with van der Waals surface area (Å²) in [5.74, 6) is -1.81. The van der Waals surface area contributed by atoms with Gasteiger partial charge in [0.05, 0.1) is 11.6 Å². The van der Waals surface area contributed by atoms with Gasteiger partial charge in [0.15, 0.2) is 11.6 Å². The van der Waals surface area contributed by atoms with Gasteiger partial charge in [-0.05, 0) is 37.4 Å². The number of piperazine rings is 1. The van der Waals surface area contributed by atoms with Gasteiger partial charge in [-0.3, -0.25) is 14.9 Å². The van der Waals surface area contributed by atoms with Crippen LogP contribution in [0, 0.1) is 16.1 Å². The second-order valence-corrected chi connectivity index (χ2v) is 9.49. The zero-order chi connectivity index (χ0) is 27.5. The van der Waals surface area contributed by atoms with E-state index in [1.165, 1.54) is 47.1 Å². The Bertz CT molecular complexity index is 1560. The summed E-state index contributed by atoms with van der Waals surface area (Å²) in [7, 11) is 1.96. The molecule has 4 aromatic rings. The third-order valence-corrected chi connectivity index (χ3v) is 6.85. The maximum atomic E-state index is 15.4. The predicted molar refractivity (Wildman–Crippen MR) is 143 cm³/mol. The number of nitro groups is 1. The third-order valence-electron chi connectivity index (χ3n) is 5.97. The number of para-hydroxylation sites is 1. The summed E-state index contributed by atoms with van der Waals surface area (Å²) in [4.78, 5) is 39.8. The summed E-state index contributed by atoms with van der Waals surface area (Å²) < 4.78 is 20.5. The van der Waals surface area contributed by atoms with E-state index in [2.05, 4.69) is 25.2 Å². The highest BCUT2D eigenvalue weighted by atomic mass is 32.1. The van der Waals surface area contributed by atoms with Crippen LogP contribution in [0.15, 0.2) is 46.2 Å². The molecule has 0 atom stereocenters. The number of carbonyl (C=O) groups excluding carboxylic acids is 1. The number of carbonyl (C=O) groups is 1. The van der Waals surface area contributed by atoms with Crippen molar-refractivity contribution >= 4 is 46.8 Å². The van der Waals surface area contributed by atoms with Crippen LogP contribution in [0.2, 0.25) is 0 Å². The lowest BCUT2D eigenvalue weighted by Gasteiger charge is -2.34. The van der Waals surface area contributed by atoms with E-state index in [9.17, 15) is 20.0 Å².